The molecule has 3 N–H and O–H groups in total. The quantitative estimate of drug-likeness (QED) is 0.152. The largest absolute Gasteiger partial charge is 0.394 e. The molecule has 0 aliphatic heterocycles. The Hall–Kier alpha value is -1.13. The molecule has 0 aliphatic rings. The SMILES string of the molecule is CCCCCC/C=C\CCCC(=O)NC(CO)C(O)/C=C/CCCCCCCCC. The van der Waals surface area contributed by atoms with Crippen molar-refractivity contribution in [2.45, 2.75) is 129 Å². The van der Waals surface area contributed by atoms with Gasteiger partial charge in [-0.1, -0.05) is 95.9 Å². The van der Waals surface area contributed by atoms with Gasteiger partial charge in [0, 0.05) is 6.42 Å². The first kappa shape index (κ1) is 28.9. The zero-order valence-corrected chi connectivity index (χ0v) is 19.8. The van der Waals surface area contributed by atoms with Gasteiger partial charge in [-0.3, -0.25) is 4.79 Å². The van der Waals surface area contributed by atoms with Gasteiger partial charge in [-0.2, -0.15) is 0 Å². The van der Waals surface area contributed by atoms with E-state index < -0.39 is 12.1 Å². The summed E-state index contributed by atoms with van der Waals surface area (Å²) in [6.07, 6.45) is 25.3. The van der Waals surface area contributed by atoms with E-state index >= 15 is 0 Å². The monoisotopic (exact) mass is 423 g/mol. The highest BCUT2D eigenvalue weighted by atomic mass is 16.3. The minimum atomic E-state index is -0.841. The van der Waals surface area contributed by atoms with Gasteiger partial charge in [-0.25, -0.2) is 0 Å². The first-order valence-corrected chi connectivity index (χ1v) is 12.6. The molecule has 0 heterocycles. The maximum Gasteiger partial charge on any atom is 0.220 e. The summed E-state index contributed by atoms with van der Waals surface area (Å²) in [4.78, 5) is 12.1. The van der Waals surface area contributed by atoms with Crippen LogP contribution in [-0.4, -0.2) is 34.9 Å². The molecule has 0 aromatic rings. The van der Waals surface area contributed by atoms with Crippen molar-refractivity contribution in [3.8, 4) is 0 Å². The highest BCUT2D eigenvalue weighted by molar-refractivity contribution is 5.76. The second kappa shape index (κ2) is 22.6. The molecule has 0 aromatic carbocycles. The third kappa shape index (κ3) is 18.9. The van der Waals surface area contributed by atoms with E-state index in [1.807, 2.05) is 6.08 Å². The number of hydrogen-bond donors (Lipinski definition) is 3. The van der Waals surface area contributed by atoms with Crippen LogP contribution in [0.15, 0.2) is 24.3 Å². The lowest BCUT2D eigenvalue weighted by molar-refractivity contribution is -0.122. The van der Waals surface area contributed by atoms with Crippen molar-refractivity contribution in [2.75, 3.05) is 6.61 Å². The highest BCUT2D eigenvalue weighted by Crippen LogP contribution is 2.09. The van der Waals surface area contributed by atoms with Crippen LogP contribution in [0.25, 0.3) is 0 Å². The topological polar surface area (TPSA) is 69.6 Å². The zero-order valence-electron chi connectivity index (χ0n) is 19.8. The van der Waals surface area contributed by atoms with Crippen LogP contribution in [0.4, 0.5) is 0 Å². The van der Waals surface area contributed by atoms with Crippen LogP contribution in [0.2, 0.25) is 0 Å². The molecule has 0 fully saturated rings. The van der Waals surface area contributed by atoms with E-state index in [2.05, 4.69) is 31.3 Å². The van der Waals surface area contributed by atoms with Crippen LogP contribution >= 0.6 is 0 Å². The fourth-order valence-electron chi connectivity index (χ4n) is 3.41. The number of aliphatic hydroxyl groups is 2. The van der Waals surface area contributed by atoms with E-state index in [0.717, 1.165) is 32.1 Å². The summed E-state index contributed by atoms with van der Waals surface area (Å²) in [5, 5.41) is 22.5. The Morgan fingerprint density at radius 3 is 1.87 bits per heavy atom. The second-order valence-corrected chi connectivity index (χ2v) is 8.40. The fourth-order valence-corrected chi connectivity index (χ4v) is 3.41. The van der Waals surface area contributed by atoms with Crippen LogP contribution in [0.1, 0.15) is 117 Å². The van der Waals surface area contributed by atoms with Crippen LogP contribution < -0.4 is 5.32 Å². The number of carbonyl (C=O) groups is 1. The van der Waals surface area contributed by atoms with Gasteiger partial charge >= 0.3 is 0 Å². The normalized spacial score (nSPS) is 13.9. The standard InChI is InChI=1S/C26H49NO3/c1-3-5-7-9-11-13-15-17-19-21-25(29)24(23-28)27-26(30)22-20-18-16-14-12-10-8-6-4-2/h14,16,19,21,24-25,28-29H,3-13,15,17-18,20,22-23H2,1-2H3,(H,27,30)/b16-14-,21-19+. The van der Waals surface area contributed by atoms with Crippen LogP contribution in [0.5, 0.6) is 0 Å². The number of allylic oxidation sites excluding steroid dienone is 3. The van der Waals surface area contributed by atoms with Gasteiger partial charge in [0.05, 0.1) is 18.8 Å². The third-order valence-corrected chi connectivity index (χ3v) is 5.43. The van der Waals surface area contributed by atoms with E-state index in [4.69, 9.17) is 0 Å². The molecule has 0 spiro atoms. The Morgan fingerprint density at radius 1 is 0.767 bits per heavy atom. The Labute approximate surface area is 186 Å². The van der Waals surface area contributed by atoms with Gasteiger partial charge in [0.1, 0.15) is 0 Å². The van der Waals surface area contributed by atoms with Gasteiger partial charge < -0.3 is 15.5 Å². The lowest BCUT2D eigenvalue weighted by atomic mass is 10.1. The summed E-state index contributed by atoms with van der Waals surface area (Å²) in [5.74, 6) is -0.107. The molecule has 2 atom stereocenters. The molecular weight excluding hydrogens is 374 g/mol. The minimum Gasteiger partial charge on any atom is -0.394 e. The van der Waals surface area contributed by atoms with Crippen LogP contribution in [-0.2, 0) is 4.79 Å². The Balaban J connectivity index is 3.84. The summed E-state index contributed by atoms with van der Waals surface area (Å²) in [7, 11) is 0. The number of rotatable bonds is 21. The number of nitrogens with one attached hydrogen (secondary N) is 1. The van der Waals surface area contributed by atoms with Gasteiger partial charge in [-0.15, -0.1) is 0 Å². The summed E-state index contributed by atoms with van der Waals surface area (Å²) < 4.78 is 0. The predicted molar refractivity (Wildman–Crippen MR) is 129 cm³/mol. The zero-order chi connectivity index (χ0) is 22.3. The maximum absolute atomic E-state index is 12.1. The van der Waals surface area contributed by atoms with Gasteiger partial charge in [0.15, 0.2) is 0 Å². The second-order valence-electron chi connectivity index (χ2n) is 8.40. The van der Waals surface area contributed by atoms with Crippen molar-refractivity contribution in [3.05, 3.63) is 24.3 Å². The lowest BCUT2D eigenvalue weighted by Gasteiger charge is -2.19. The third-order valence-electron chi connectivity index (χ3n) is 5.43. The van der Waals surface area contributed by atoms with Gasteiger partial charge in [0.25, 0.3) is 0 Å². The van der Waals surface area contributed by atoms with Crippen molar-refractivity contribution >= 4 is 5.91 Å². The molecule has 0 rings (SSSR count). The van der Waals surface area contributed by atoms with E-state index in [1.54, 1.807) is 6.08 Å². The number of unbranched alkanes of at least 4 members (excludes halogenated alkanes) is 12. The molecule has 4 heteroatoms. The molecule has 0 aliphatic carbocycles. The molecular formula is C26H49NO3. The number of carbonyl (C=O) groups excluding carboxylic acids is 1. The minimum absolute atomic E-state index is 0.107. The fraction of sp³-hybridized carbons (Fsp3) is 0.808. The van der Waals surface area contributed by atoms with Crippen molar-refractivity contribution < 1.29 is 15.0 Å². The average Bonchev–Trinajstić information content (AvgIpc) is 2.75. The van der Waals surface area contributed by atoms with Gasteiger partial charge in [-0.05, 0) is 38.5 Å². The predicted octanol–water partition coefficient (Wildman–Crippen LogP) is 6.22. The van der Waals surface area contributed by atoms with E-state index in [0.29, 0.717) is 6.42 Å². The molecule has 2 unspecified atom stereocenters. The molecule has 30 heavy (non-hydrogen) atoms. The van der Waals surface area contributed by atoms with Crippen molar-refractivity contribution in [1.29, 1.82) is 0 Å². The molecule has 0 saturated heterocycles. The maximum atomic E-state index is 12.1. The smallest absolute Gasteiger partial charge is 0.220 e. The van der Waals surface area contributed by atoms with E-state index in [1.165, 1.54) is 64.2 Å². The van der Waals surface area contributed by atoms with E-state index in [9.17, 15) is 15.0 Å². The molecule has 0 bridgehead atoms. The molecule has 4 nitrogen and oxygen atoms in total. The number of hydrogen-bond acceptors (Lipinski definition) is 3. The number of amides is 1. The van der Waals surface area contributed by atoms with Gasteiger partial charge in [0.2, 0.25) is 5.91 Å². The summed E-state index contributed by atoms with van der Waals surface area (Å²) in [6, 6.07) is -0.628. The van der Waals surface area contributed by atoms with Crippen molar-refractivity contribution in [1.82, 2.24) is 5.32 Å². The molecule has 1 amide bonds. The Bertz CT molecular complexity index is 434. The first-order chi connectivity index (χ1) is 14.7. The molecule has 0 radical (unpaired) electrons. The van der Waals surface area contributed by atoms with Crippen LogP contribution in [0.3, 0.4) is 0 Å². The number of aliphatic hydroxyl groups excluding tert-OH is 2. The van der Waals surface area contributed by atoms with Crippen molar-refractivity contribution in [3.63, 3.8) is 0 Å². The molecule has 176 valence electrons. The highest BCUT2D eigenvalue weighted by Gasteiger charge is 2.17. The first-order valence-electron chi connectivity index (χ1n) is 12.6. The Kier molecular flexibility index (Phi) is 21.7. The summed E-state index contributed by atoms with van der Waals surface area (Å²) >= 11 is 0. The summed E-state index contributed by atoms with van der Waals surface area (Å²) in [5.41, 5.74) is 0. The summed E-state index contributed by atoms with van der Waals surface area (Å²) in [6.45, 7) is 4.19. The Morgan fingerprint density at radius 2 is 1.27 bits per heavy atom. The lowest BCUT2D eigenvalue weighted by Crippen LogP contribution is -2.45. The van der Waals surface area contributed by atoms with Crippen LogP contribution in [0, 0.1) is 0 Å². The average molecular weight is 424 g/mol. The molecule has 0 saturated carbocycles. The molecule has 0 aromatic heterocycles. The van der Waals surface area contributed by atoms with E-state index in [-0.39, 0.29) is 12.5 Å². The van der Waals surface area contributed by atoms with Crippen molar-refractivity contribution in [2.24, 2.45) is 0 Å².